The number of halogens is 4. The lowest BCUT2D eigenvalue weighted by Crippen LogP contribution is -2.42. The summed E-state index contributed by atoms with van der Waals surface area (Å²) in [6.45, 7) is 0.0444. The molecule has 1 aromatic heterocycles. The first-order valence-electron chi connectivity index (χ1n) is 12.5. The van der Waals surface area contributed by atoms with Gasteiger partial charge in [-0.05, 0) is 60.2 Å². The smallest absolute Gasteiger partial charge is 0.401 e. The molecular weight excluding hydrogens is 514 g/mol. The van der Waals surface area contributed by atoms with Gasteiger partial charge in [0, 0.05) is 36.3 Å². The minimum absolute atomic E-state index is 0.00575. The van der Waals surface area contributed by atoms with Gasteiger partial charge in [-0.1, -0.05) is 18.2 Å². The van der Waals surface area contributed by atoms with E-state index in [1.54, 1.807) is 30.3 Å². The van der Waals surface area contributed by atoms with Crippen molar-refractivity contribution in [2.45, 2.75) is 31.5 Å². The number of pyridine rings is 1. The Hall–Kier alpha value is -4.17. The van der Waals surface area contributed by atoms with Gasteiger partial charge in [0.1, 0.15) is 23.7 Å². The average Bonchev–Trinajstić information content (AvgIpc) is 2.89. The predicted molar refractivity (Wildman–Crippen MR) is 136 cm³/mol. The van der Waals surface area contributed by atoms with E-state index in [2.05, 4.69) is 16.4 Å². The number of nitrogens with two attached hydrogens (primary N) is 1. The number of nitrogens with one attached hydrogen (secondary N) is 1. The van der Waals surface area contributed by atoms with Crippen molar-refractivity contribution < 1.29 is 27.1 Å². The van der Waals surface area contributed by atoms with Crippen LogP contribution in [0.1, 0.15) is 34.3 Å². The number of carbonyl (C=O) groups is 1. The molecule has 11 heteroatoms. The third kappa shape index (κ3) is 5.81. The predicted octanol–water partition coefficient (Wildman–Crippen LogP) is 4.70. The highest BCUT2D eigenvalue weighted by atomic mass is 19.4. The topological polar surface area (TPSA) is 104 Å². The molecule has 3 heterocycles. The molecule has 2 aliphatic rings. The van der Waals surface area contributed by atoms with E-state index in [0.29, 0.717) is 48.1 Å². The fraction of sp³-hybridized carbons (Fsp3) is 0.321. The van der Waals surface area contributed by atoms with E-state index in [1.807, 2.05) is 6.07 Å². The summed E-state index contributed by atoms with van der Waals surface area (Å²) in [5, 5.41) is 12.5. The van der Waals surface area contributed by atoms with Crippen LogP contribution in [0.3, 0.4) is 0 Å². The van der Waals surface area contributed by atoms with Crippen molar-refractivity contribution in [3.8, 4) is 34.1 Å². The first-order chi connectivity index (χ1) is 18.6. The first kappa shape index (κ1) is 26.4. The molecule has 7 nitrogen and oxygen atoms in total. The lowest BCUT2D eigenvalue weighted by molar-refractivity contribution is -0.149. The Labute approximate surface area is 222 Å². The van der Waals surface area contributed by atoms with Crippen LogP contribution in [-0.4, -0.2) is 54.3 Å². The molecule has 0 atom stereocenters. The Morgan fingerprint density at radius 1 is 1.08 bits per heavy atom. The van der Waals surface area contributed by atoms with Gasteiger partial charge in [0.25, 0.3) is 5.91 Å². The van der Waals surface area contributed by atoms with Gasteiger partial charge in [-0.2, -0.15) is 22.8 Å². The number of aromatic nitrogens is 1. The van der Waals surface area contributed by atoms with Crippen LogP contribution in [0.5, 0.6) is 5.75 Å². The summed E-state index contributed by atoms with van der Waals surface area (Å²) in [5.74, 6) is -0.670. The van der Waals surface area contributed by atoms with Crippen LogP contribution in [0.2, 0.25) is 0 Å². The molecule has 39 heavy (non-hydrogen) atoms. The first-order valence-corrected chi connectivity index (χ1v) is 12.5. The zero-order chi connectivity index (χ0) is 27.7. The highest BCUT2D eigenvalue weighted by molar-refractivity contribution is 5.97. The fourth-order valence-corrected chi connectivity index (χ4v) is 5.04. The molecule has 0 saturated carbocycles. The number of nitriles is 1. The number of carbonyl (C=O) groups excluding carboxylic acids is 1. The second-order valence-corrected chi connectivity index (χ2v) is 9.67. The van der Waals surface area contributed by atoms with Gasteiger partial charge < -0.3 is 15.8 Å². The van der Waals surface area contributed by atoms with Crippen molar-refractivity contribution >= 4 is 11.7 Å². The number of fused-ring (bicyclic) bond motifs is 1. The number of ether oxygens (including phenoxy) is 1. The van der Waals surface area contributed by atoms with Crippen LogP contribution >= 0.6 is 0 Å². The molecule has 1 amide bonds. The number of hydrogen-bond donors (Lipinski definition) is 2. The second kappa shape index (κ2) is 10.5. The lowest BCUT2D eigenvalue weighted by Gasteiger charge is -2.32. The number of amides is 1. The van der Waals surface area contributed by atoms with Crippen LogP contribution < -0.4 is 15.8 Å². The number of hydrogen-bond acceptors (Lipinski definition) is 6. The normalized spacial score (nSPS) is 16.3. The molecular formula is C28H25F4N5O2. The van der Waals surface area contributed by atoms with Gasteiger partial charge in [0.05, 0.1) is 12.1 Å². The van der Waals surface area contributed by atoms with Crippen molar-refractivity contribution in [3.63, 3.8) is 0 Å². The van der Waals surface area contributed by atoms with Crippen molar-refractivity contribution in [1.29, 1.82) is 5.26 Å². The van der Waals surface area contributed by atoms with E-state index >= 15 is 0 Å². The number of nitrogen functional groups attached to an aromatic ring is 1. The zero-order valence-corrected chi connectivity index (χ0v) is 20.8. The number of piperidine rings is 1. The Morgan fingerprint density at radius 2 is 1.79 bits per heavy atom. The number of alkyl halides is 3. The quantitative estimate of drug-likeness (QED) is 0.360. The summed E-state index contributed by atoms with van der Waals surface area (Å²) >= 11 is 0. The summed E-state index contributed by atoms with van der Waals surface area (Å²) in [6, 6.07) is 13.6. The molecule has 1 fully saturated rings. The number of rotatable bonds is 5. The van der Waals surface area contributed by atoms with Crippen molar-refractivity contribution in [2.75, 3.05) is 31.9 Å². The van der Waals surface area contributed by atoms with E-state index < -0.39 is 18.7 Å². The van der Waals surface area contributed by atoms with E-state index in [4.69, 9.17) is 10.5 Å². The van der Waals surface area contributed by atoms with Crippen LogP contribution in [0.4, 0.5) is 23.4 Å². The summed E-state index contributed by atoms with van der Waals surface area (Å²) in [6.07, 6.45) is -3.14. The lowest BCUT2D eigenvalue weighted by atomic mass is 9.94. The van der Waals surface area contributed by atoms with E-state index in [-0.39, 0.29) is 47.8 Å². The van der Waals surface area contributed by atoms with E-state index in [9.17, 15) is 27.6 Å². The molecule has 202 valence electrons. The van der Waals surface area contributed by atoms with E-state index in [0.717, 1.165) is 5.56 Å². The maximum Gasteiger partial charge on any atom is 0.401 e. The molecule has 0 radical (unpaired) electrons. The Kier molecular flexibility index (Phi) is 7.14. The molecule has 0 aliphatic carbocycles. The Balaban J connectivity index is 1.38. The number of likely N-dealkylation sites (tertiary alicyclic amines) is 1. The Bertz CT molecular complexity index is 1460. The molecule has 2 aliphatic heterocycles. The zero-order valence-electron chi connectivity index (χ0n) is 20.8. The van der Waals surface area contributed by atoms with Crippen LogP contribution in [0.25, 0.3) is 22.3 Å². The average molecular weight is 540 g/mol. The number of anilines is 1. The minimum atomic E-state index is -4.25. The highest BCUT2D eigenvalue weighted by Gasteiger charge is 2.33. The monoisotopic (exact) mass is 539 g/mol. The van der Waals surface area contributed by atoms with Gasteiger partial charge in [0.2, 0.25) is 5.95 Å². The van der Waals surface area contributed by atoms with Crippen LogP contribution in [-0.2, 0) is 6.42 Å². The fourth-order valence-electron chi connectivity index (χ4n) is 5.04. The third-order valence-electron chi connectivity index (χ3n) is 6.99. The van der Waals surface area contributed by atoms with Crippen molar-refractivity contribution in [3.05, 3.63) is 65.1 Å². The Morgan fingerprint density at radius 3 is 2.51 bits per heavy atom. The molecule has 1 saturated heterocycles. The molecule has 5 rings (SSSR count). The maximum atomic E-state index is 15.0. The van der Waals surface area contributed by atoms with Gasteiger partial charge in [-0.3, -0.25) is 9.69 Å². The summed E-state index contributed by atoms with van der Waals surface area (Å²) in [5.41, 5.74) is 9.38. The summed E-state index contributed by atoms with van der Waals surface area (Å²) in [4.78, 5) is 17.3. The number of nitrogens with zero attached hydrogens (tertiary/aromatic N) is 3. The molecule has 0 bridgehead atoms. The van der Waals surface area contributed by atoms with Gasteiger partial charge in [-0.15, -0.1) is 0 Å². The second-order valence-electron chi connectivity index (χ2n) is 9.67. The van der Waals surface area contributed by atoms with E-state index in [1.165, 1.54) is 11.0 Å². The molecule has 0 unspecified atom stereocenters. The maximum absolute atomic E-state index is 15.0. The number of benzene rings is 2. The summed E-state index contributed by atoms with van der Waals surface area (Å²) in [7, 11) is 0. The molecule has 2 aromatic carbocycles. The van der Waals surface area contributed by atoms with Crippen molar-refractivity contribution in [1.82, 2.24) is 15.2 Å². The van der Waals surface area contributed by atoms with Crippen LogP contribution in [0.15, 0.2) is 42.5 Å². The van der Waals surface area contributed by atoms with Crippen LogP contribution in [0, 0.1) is 17.3 Å². The minimum Gasteiger partial charge on any atom is -0.489 e. The van der Waals surface area contributed by atoms with Gasteiger partial charge in [0.15, 0.2) is 0 Å². The molecule has 3 N–H and O–H groups in total. The van der Waals surface area contributed by atoms with Gasteiger partial charge in [-0.25, -0.2) is 4.98 Å². The standard InChI is InChI=1S/C28H25F4N5O2/c29-25-22(13-23(26(34)36-25)17-1-3-21-18(11-17)5-8-35-27(21)38)16-2-4-24(19(12-16)14-33)39-20-6-9-37(10-7-20)15-28(30,31)32/h1-4,11-13,20H,5-10,15H2,(H2,34,36)(H,35,38). The van der Waals surface area contributed by atoms with Crippen molar-refractivity contribution in [2.24, 2.45) is 0 Å². The highest BCUT2D eigenvalue weighted by Crippen LogP contribution is 2.35. The van der Waals surface area contributed by atoms with Gasteiger partial charge >= 0.3 is 6.18 Å². The largest absolute Gasteiger partial charge is 0.489 e. The third-order valence-corrected chi connectivity index (χ3v) is 6.99. The SMILES string of the molecule is N#Cc1cc(-c2cc(-c3ccc4c(c3)CCNC4=O)c(N)nc2F)ccc1OC1CCN(CC(F)(F)F)CC1. The molecule has 3 aromatic rings. The summed E-state index contributed by atoms with van der Waals surface area (Å²) < 4.78 is 58.9. The molecule has 0 spiro atoms.